The molecule has 1 aliphatic rings. The monoisotopic (exact) mass is 343 g/mol. The number of aliphatic hydroxyl groups is 1. The van der Waals surface area contributed by atoms with Gasteiger partial charge in [-0.3, -0.25) is 5.10 Å². The minimum atomic E-state index is -0.567. The van der Waals surface area contributed by atoms with Crippen LogP contribution >= 0.6 is 24.0 Å². The second-order valence-electron chi connectivity index (χ2n) is 6.58. The summed E-state index contributed by atoms with van der Waals surface area (Å²) in [5, 5.41) is 23.0. The van der Waals surface area contributed by atoms with Crippen LogP contribution in [0.3, 0.4) is 0 Å². The first-order valence-corrected chi connectivity index (χ1v) is 7.89. The Labute approximate surface area is 142 Å². The Bertz CT molecular complexity index is 635. The molecule has 1 fully saturated rings. The van der Waals surface area contributed by atoms with Gasteiger partial charge >= 0.3 is 0 Å². The molecule has 0 spiro atoms. The number of aliphatic hydroxyl groups excluding tert-OH is 1. The lowest BCUT2D eigenvalue weighted by Crippen LogP contribution is -2.39. The quantitative estimate of drug-likeness (QED) is 0.796. The predicted octanol–water partition coefficient (Wildman–Crippen LogP) is 3.70. The number of piperidine rings is 1. The topological polar surface area (TPSA) is 60.9 Å². The number of nitrogens with one attached hydrogen (secondary N) is 2. The van der Waals surface area contributed by atoms with Crippen molar-refractivity contribution in [1.29, 1.82) is 0 Å². The minimum Gasteiger partial charge on any atom is -0.388 e. The second-order valence-corrected chi connectivity index (χ2v) is 7.01. The minimum absolute atomic E-state index is 0. The molecule has 0 aliphatic carbocycles. The predicted molar refractivity (Wildman–Crippen MR) is 92.7 cm³/mol. The van der Waals surface area contributed by atoms with E-state index in [0.29, 0.717) is 10.9 Å². The van der Waals surface area contributed by atoms with Gasteiger partial charge in [0.2, 0.25) is 0 Å². The summed E-state index contributed by atoms with van der Waals surface area (Å²) in [5.41, 5.74) is 1.53. The highest BCUT2D eigenvalue weighted by Crippen LogP contribution is 2.45. The number of rotatable bonds is 3. The molecule has 0 unspecified atom stereocenters. The molecular weight excluding hydrogens is 321 g/mol. The maximum absolute atomic E-state index is 11.0. The molecule has 1 aromatic carbocycles. The number of hydrogen-bond donors (Lipinski definition) is 3. The van der Waals surface area contributed by atoms with Crippen LogP contribution in [0.1, 0.15) is 38.4 Å². The summed E-state index contributed by atoms with van der Waals surface area (Å²) < 4.78 is 0. The van der Waals surface area contributed by atoms with E-state index in [4.69, 9.17) is 11.6 Å². The van der Waals surface area contributed by atoms with E-state index in [1.54, 1.807) is 6.20 Å². The van der Waals surface area contributed by atoms with E-state index in [1.165, 1.54) is 0 Å². The first kappa shape index (κ1) is 17.5. The van der Waals surface area contributed by atoms with Crippen LogP contribution < -0.4 is 5.32 Å². The molecule has 0 amide bonds. The molecule has 122 valence electrons. The van der Waals surface area contributed by atoms with Gasteiger partial charge in [-0.05, 0) is 49.4 Å². The van der Waals surface area contributed by atoms with Crippen LogP contribution in [0.4, 0.5) is 0 Å². The highest BCUT2D eigenvalue weighted by molar-refractivity contribution is 6.31. The zero-order chi connectivity index (χ0) is 15.0. The Balaban J connectivity index is 0.00000176. The van der Waals surface area contributed by atoms with Gasteiger partial charge in [-0.1, -0.05) is 25.4 Å². The van der Waals surface area contributed by atoms with Crippen LogP contribution in [0.2, 0.25) is 5.02 Å². The molecule has 1 saturated heterocycles. The molecule has 0 bridgehead atoms. The average molecular weight is 344 g/mol. The molecule has 0 radical (unpaired) electrons. The Morgan fingerprint density at radius 2 is 2.00 bits per heavy atom. The molecule has 1 aromatic heterocycles. The number of fused-ring (bicyclic) bond motifs is 1. The third-order valence-corrected chi connectivity index (χ3v) is 5.15. The Morgan fingerprint density at radius 3 is 2.68 bits per heavy atom. The summed E-state index contributed by atoms with van der Waals surface area (Å²) in [6.45, 7) is 6.35. The lowest BCUT2D eigenvalue weighted by atomic mass is 9.68. The second kappa shape index (κ2) is 6.75. The third-order valence-electron chi connectivity index (χ3n) is 4.93. The molecule has 1 atom stereocenters. The number of H-pyrrole nitrogens is 1. The van der Waals surface area contributed by atoms with E-state index in [1.807, 2.05) is 12.1 Å². The Hall–Kier alpha value is -0.810. The Morgan fingerprint density at radius 1 is 1.32 bits per heavy atom. The van der Waals surface area contributed by atoms with Crippen LogP contribution in [0.15, 0.2) is 18.3 Å². The maximum atomic E-state index is 11.0. The molecule has 2 aromatic rings. The van der Waals surface area contributed by atoms with Gasteiger partial charge in [0.15, 0.2) is 0 Å². The van der Waals surface area contributed by atoms with Crippen LogP contribution in [0.25, 0.3) is 10.9 Å². The van der Waals surface area contributed by atoms with Crippen molar-refractivity contribution in [2.75, 3.05) is 13.1 Å². The normalized spacial score (nSPS) is 18.2. The van der Waals surface area contributed by atoms with Crippen molar-refractivity contribution in [3.05, 3.63) is 28.9 Å². The fourth-order valence-electron chi connectivity index (χ4n) is 3.45. The molecule has 3 N–H and O–H groups in total. The molecule has 4 nitrogen and oxygen atoms in total. The van der Waals surface area contributed by atoms with Crippen LogP contribution in [0.5, 0.6) is 0 Å². The zero-order valence-electron chi connectivity index (χ0n) is 12.9. The molecule has 22 heavy (non-hydrogen) atoms. The number of nitrogens with zero attached hydrogens (tertiary/aromatic N) is 1. The van der Waals surface area contributed by atoms with Crippen LogP contribution in [0, 0.1) is 11.3 Å². The molecular formula is C16H23Cl2N3O. The first-order valence-electron chi connectivity index (χ1n) is 7.51. The summed E-state index contributed by atoms with van der Waals surface area (Å²) in [6.07, 6.45) is 3.37. The van der Waals surface area contributed by atoms with Crippen molar-refractivity contribution in [3.63, 3.8) is 0 Å². The van der Waals surface area contributed by atoms with Crippen LogP contribution in [-0.4, -0.2) is 28.4 Å². The standard InChI is InChI=1S/C16H22ClN3O.ClH/c1-16(2,11-3-5-18-6-4-11)15(21)13-8-12(17)7-10-9-19-20-14(10)13;/h7-9,11,15,18,21H,3-6H2,1-2H3,(H,19,20);1H/t15-;/m1./s1. The van der Waals surface area contributed by atoms with E-state index in [9.17, 15) is 5.11 Å². The zero-order valence-corrected chi connectivity index (χ0v) is 14.5. The van der Waals surface area contributed by atoms with Crippen molar-refractivity contribution >= 4 is 34.9 Å². The lowest BCUT2D eigenvalue weighted by molar-refractivity contribution is -0.00538. The number of halogens is 2. The van der Waals surface area contributed by atoms with Crippen molar-refractivity contribution < 1.29 is 5.11 Å². The van der Waals surface area contributed by atoms with E-state index in [2.05, 4.69) is 29.4 Å². The van der Waals surface area contributed by atoms with E-state index >= 15 is 0 Å². The SMILES string of the molecule is CC(C)(C1CCNCC1)[C@H](O)c1cc(Cl)cc2cn[nH]c12.Cl. The summed E-state index contributed by atoms with van der Waals surface area (Å²) in [7, 11) is 0. The molecule has 0 saturated carbocycles. The molecule has 1 aliphatic heterocycles. The molecule has 6 heteroatoms. The van der Waals surface area contributed by atoms with Gasteiger partial charge in [-0.2, -0.15) is 5.10 Å². The van der Waals surface area contributed by atoms with E-state index in [0.717, 1.165) is 42.4 Å². The maximum Gasteiger partial charge on any atom is 0.0864 e. The fraction of sp³-hybridized carbons (Fsp3) is 0.562. The van der Waals surface area contributed by atoms with Gasteiger partial charge in [0.1, 0.15) is 0 Å². The average Bonchev–Trinajstić information content (AvgIpc) is 2.94. The fourth-order valence-corrected chi connectivity index (χ4v) is 3.69. The van der Waals surface area contributed by atoms with E-state index < -0.39 is 6.10 Å². The van der Waals surface area contributed by atoms with Gasteiger partial charge in [0.25, 0.3) is 0 Å². The first-order chi connectivity index (χ1) is 10.00. The van der Waals surface area contributed by atoms with Crippen molar-refractivity contribution in [2.24, 2.45) is 11.3 Å². The number of aromatic nitrogens is 2. The van der Waals surface area contributed by atoms with Gasteiger partial charge in [0.05, 0.1) is 17.8 Å². The van der Waals surface area contributed by atoms with Gasteiger partial charge < -0.3 is 10.4 Å². The smallest absolute Gasteiger partial charge is 0.0864 e. The van der Waals surface area contributed by atoms with Gasteiger partial charge in [0, 0.05) is 16.0 Å². The molecule has 2 heterocycles. The largest absolute Gasteiger partial charge is 0.388 e. The summed E-state index contributed by atoms with van der Waals surface area (Å²) in [4.78, 5) is 0. The lowest BCUT2D eigenvalue weighted by Gasteiger charge is -2.41. The van der Waals surface area contributed by atoms with Gasteiger partial charge in [-0.15, -0.1) is 12.4 Å². The van der Waals surface area contributed by atoms with Crippen molar-refractivity contribution in [3.8, 4) is 0 Å². The summed E-state index contributed by atoms with van der Waals surface area (Å²) in [6, 6.07) is 3.73. The van der Waals surface area contributed by atoms with Crippen LogP contribution in [-0.2, 0) is 0 Å². The highest BCUT2D eigenvalue weighted by Gasteiger charge is 2.38. The summed E-state index contributed by atoms with van der Waals surface area (Å²) in [5.74, 6) is 0.491. The third kappa shape index (κ3) is 3.11. The summed E-state index contributed by atoms with van der Waals surface area (Å²) >= 11 is 6.20. The van der Waals surface area contributed by atoms with Crippen molar-refractivity contribution in [2.45, 2.75) is 32.8 Å². The van der Waals surface area contributed by atoms with E-state index in [-0.39, 0.29) is 17.8 Å². The highest BCUT2D eigenvalue weighted by atomic mass is 35.5. The number of hydrogen-bond acceptors (Lipinski definition) is 3. The molecule has 3 rings (SSSR count). The van der Waals surface area contributed by atoms with Crippen molar-refractivity contribution in [1.82, 2.24) is 15.5 Å². The Kier molecular flexibility index (Phi) is 5.38. The number of benzene rings is 1. The number of aromatic amines is 1. The van der Waals surface area contributed by atoms with Gasteiger partial charge in [-0.25, -0.2) is 0 Å².